The third-order valence-corrected chi connectivity index (χ3v) is 1.97. The van der Waals surface area contributed by atoms with E-state index in [4.69, 9.17) is 0 Å². The normalized spacial score (nSPS) is 9.30. The summed E-state index contributed by atoms with van der Waals surface area (Å²) in [4.78, 5) is 9.86. The summed E-state index contributed by atoms with van der Waals surface area (Å²) in [6.07, 6.45) is 0. The number of hydrogen-bond acceptors (Lipinski definition) is 2. The molecule has 0 aliphatic carbocycles. The van der Waals surface area contributed by atoms with Crippen molar-refractivity contribution in [2.45, 2.75) is 6.54 Å². The van der Waals surface area contributed by atoms with E-state index < -0.39 is 0 Å². The number of nitrogens with zero attached hydrogens (tertiary/aromatic N) is 1. The highest BCUT2D eigenvalue weighted by atomic mass is 79.9. The van der Waals surface area contributed by atoms with Gasteiger partial charge in [-0.3, -0.25) is 0 Å². The van der Waals surface area contributed by atoms with Gasteiger partial charge in [-0.1, -0.05) is 39.3 Å². The van der Waals surface area contributed by atoms with Crippen molar-refractivity contribution in [2.75, 3.05) is 0 Å². The number of nitroso groups, excluding NO2 is 1. The quantitative estimate of drug-likeness (QED) is 0.674. The van der Waals surface area contributed by atoms with Gasteiger partial charge < -0.3 is 0 Å². The van der Waals surface area contributed by atoms with Crippen LogP contribution in [0.5, 0.6) is 0 Å². The molecule has 0 saturated heterocycles. The predicted molar refractivity (Wildman–Crippen MR) is 43.6 cm³/mol. The minimum absolute atomic E-state index is 0.238. The van der Waals surface area contributed by atoms with Gasteiger partial charge in [0, 0.05) is 4.47 Å². The molecule has 1 aromatic rings. The number of rotatable bonds is 2. The van der Waals surface area contributed by atoms with Gasteiger partial charge in [-0.25, -0.2) is 0 Å². The lowest BCUT2D eigenvalue weighted by atomic mass is 10.2. The van der Waals surface area contributed by atoms with Gasteiger partial charge in [-0.05, 0) is 11.6 Å². The molecule has 0 unspecified atom stereocenters. The first kappa shape index (κ1) is 7.41. The second kappa shape index (κ2) is 3.46. The van der Waals surface area contributed by atoms with Gasteiger partial charge in [-0.2, -0.15) is 4.91 Å². The summed E-state index contributed by atoms with van der Waals surface area (Å²) in [7, 11) is 0. The van der Waals surface area contributed by atoms with Gasteiger partial charge in [0.25, 0.3) is 0 Å². The highest BCUT2D eigenvalue weighted by Gasteiger charge is 1.95. The van der Waals surface area contributed by atoms with E-state index in [1.807, 2.05) is 24.3 Å². The Hall–Kier alpha value is -0.700. The van der Waals surface area contributed by atoms with Crippen LogP contribution in [-0.4, -0.2) is 0 Å². The van der Waals surface area contributed by atoms with E-state index in [-0.39, 0.29) is 6.54 Å². The smallest absolute Gasteiger partial charge is 0.107 e. The van der Waals surface area contributed by atoms with E-state index >= 15 is 0 Å². The summed E-state index contributed by atoms with van der Waals surface area (Å²) in [5, 5.41) is 2.79. The maximum absolute atomic E-state index is 9.86. The molecule has 0 fully saturated rings. The molecule has 0 spiro atoms. The maximum Gasteiger partial charge on any atom is 0.107 e. The van der Waals surface area contributed by atoms with Crippen LogP contribution in [0.1, 0.15) is 5.56 Å². The van der Waals surface area contributed by atoms with Crippen molar-refractivity contribution < 1.29 is 0 Å². The zero-order valence-corrected chi connectivity index (χ0v) is 6.84. The summed E-state index contributed by atoms with van der Waals surface area (Å²) in [5.41, 5.74) is 0.928. The molecule has 10 heavy (non-hydrogen) atoms. The minimum Gasteiger partial charge on any atom is -0.150 e. The molecular weight excluding hydrogens is 194 g/mol. The van der Waals surface area contributed by atoms with Gasteiger partial charge >= 0.3 is 0 Å². The van der Waals surface area contributed by atoms with Crippen LogP contribution >= 0.6 is 15.9 Å². The van der Waals surface area contributed by atoms with E-state index in [1.54, 1.807) is 0 Å². The Morgan fingerprint density at radius 3 is 2.70 bits per heavy atom. The Labute approximate surface area is 67.4 Å². The second-order valence-electron chi connectivity index (χ2n) is 1.88. The molecule has 0 aromatic heterocycles. The lowest BCUT2D eigenvalue weighted by molar-refractivity contribution is 1.05. The fraction of sp³-hybridized carbons (Fsp3) is 0.143. The zero-order valence-electron chi connectivity index (χ0n) is 5.25. The molecular formula is C7H6BrNO. The van der Waals surface area contributed by atoms with Crippen molar-refractivity contribution in [3.8, 4) is 0 Å². The van der Waals surface area contributed by atoms with E-state index in [1.165, 1.54) is 0 Å². The zero-order chi connectivity index (χ0) is 7.40. The topological polar surface area (TPSA) is 29.4 Å². The Morgan fingerprint density at radius 2 is 2.10 bits per heavy atom. The Morgan fingerprint density at radius 1 is 1.40 bits per heavy atom. The summed E-state index contributed by atoms with van der Waals surface area (Å²) in [6, 6.07) is 7.54. The minimum atomic E-state index is 0.238. The second-order valence-corrected chi connectivity index (χ2v) is 2.73. The van der Waals surface area contributed by atoms with Gasteiger partial charge in [-0.15, -0.1) is 0 Å². The first-order valence-electron chi connectivity index (χ1n) is 2.87. The van der Waals surface area contributed by atoms with Crippen molar-refractivity contribution in [1.82, 2.24) is 0 Å². The molecule has 0 heterocycles. The monoisotopic (exact) mass is 199 g/mol. The molecule has 52 valence electrons. The number of benzene rings is 1. The average Bonchev–Trinajstić information content (AvgIpc) is 1.94. The van der Waals surface area contributed by atoms with Crippen LogP contribution < -0.4 is 0 Å². The fourth-order valence-corrected chi connectivity index (χ4v) is 1.11. The van der Waals surface area contributed by atoms with Crippen LogP contribution in [0.3, 0.4) is 0 Å². The highest BCUT2D eigenvalue weighted by molar-refractivity contribution is 9.10. The van der Waals surface area contributed by atoms with Crippen molar-refractivity contribution in [1.29, 1.82) is 0 Å². The third kappa shape index (κ3) is 1.64. The van der Waals surface area contributed by atoms with Crippen LogP contribution in [0.25, 0.3) is 0 Å². The fourth-order valence-electron chi connectivity index (χ4n) is 0.696. The molecule has 0 amide bonds. The molecule has 1 aromatic carbocycles. The van der Waals surface area contributed by atoms with Crippen LogP contribution in [0.2, 0.25) is 0 Å². The molecule has 0 radical (unpaired) electrons. The van der Waals surface area contributed by atoms with Crippen LogP contribution in [0.4, 0.5) is 0 Å². The SMILES string of the molecule is O=NCc1ccccc1Br. The Balaban J connectivity index is 2.91. The van der Waals surface area contributed by atoms with E-state index in [0.29, 0.717) is 0 Å². The Bertz CT molecular complexity index is 237. The molecule has 0 atom stereocenters. The number of hydrogen-bond donors (Lipinski definition) is 0. The molecule has 0 saturated carbocycles. The largest absolute Gasteiger partial charge is 0.150 e. The lowest BCUT2D eigenvalue weighted by Gasteiger charge is -1.95. The Kier molecular flexibility index (Phi) is 2.57. The van der Waals surface area contributed by atoms with Crippen molar-refractivity contribution in [2.24, 2.45) is 5.18 Å². The molecule has 0 bridgehead atoms. The van der Waals surface area contributed by atoms with E-state index in [0.717, 1.165) is 10.0 Å². The average molecular weight is 200 g/mol. The van der Waals surface area contributed by atoms with Gasteiger partial charge in [0.2, 0.25) is 0 Å². The van der Waals surface area contributed by atoms with Gasteiger partial charge in [0.1, 0.15) is 6.54 Å². The predicted octanol–water partition coefficient (Wildman–Crippen LogP) is 2.72. The van der Waals surface area contributed by atoms with Crippen LogP contribution in [-0.2, 0) is 6.54 Å². The van der Waals surface area contributed by atoms with Crippen molar-refractivity contribution in [3.63, 3.8) is 0 Å². The van der Waals surface area contributed by atoms with Crippen LogP contribution in [0.15, 0.2) is 33.9 Å². The van der Waals surface area contributed by atoms with E-state index in [9.17, 15) is 4.91 Å². The first-order chi connectivity index (χ1) is 4.84. The first-order valence-corrected chi connectivity index (χ1v) is 3.66. The molecule has 0 N–H and O–H groups in total. The number of halogens is 1. The van der Waals surface area contributed by atoms with Gasteiger partial charge in [0.15, 0.2) is 0 Å². The maximum atomic E-state index is 9.86. The highest BCUT2D eigenvalue weighted by Crippen LogP contribution is 2.15. The van der Waals surface area contributed by atoms with Crippen molar-refractivity contribution in [3.05, 3.63) is 39.2 Å². The third-order valence-electron chi connectivity index (χ3n) is 1.19. The lowest BCUT2D eigenvalue weighted by Crippen LogP contribution is -1.80. The summed E-state index contributed by atoms with van der Waals surface area (Å²) in [5.74, 6) is 0. The summed E-state index contributed by atoms with van der Waals surface area (Å²) >= 11 is 3.30. The van der Waals surface area contributed by atoms with E-state index in [2.05, 4.69) is 21.1 Å². The standard InChI is InChI=1S/C7H6BrNO/c8-7-4-2-1-3-6(7)5-9-10/h1-4H,5H2. The summed E-state index contributed by atoms with van der Waals surface area (Å²) in [6.45, 7) is 0.238. The molecule has 2 nitrogen and oxygen atoms in total. The van der Waals surface area contributed by atoms with Gasteiger partial charge in [0.05, 0.1) is 0 Å². The molecule has 0 aliphatic heterocycles. The molecule has 0 aliphatic rings. The molecule has 1 rings (SSSR count). The summed E-state index contributed by atoms with van der Waals surface area (Å²) < 4.78 is 0.939. The van der Waals surface area contributed by atoms with Crippen LogP contribution in [0, 0.1) is 4.91 Å². The van der Waals surface area contributed by atoms with Crippen molar-refractivity contribution >= 4 is 15.9 Å². The molecule has 3 heteroatoms.